The van der Waals surface area contributed by atoms with E-state index in [1.54, 1.807) is 6.20 Å². The summed E-state index contributed by atoms with van der Waals surface area (Å²) in [6.07, 6.45) is 3.73. The maximum atomic E-state index is 6.06. The van der Waals surface area contributed by atoms with Crippen molar-refractivity contribution in [2.75, 3.05) is 17.7 Å². The van der Waals surface area contributed by atoms with Gasteiger partial charge in [0.15, 0.2) is 0 Å². The van der Waals surface area contributed by atoms with Crippen molar-refractivity contribution in [3.8, 4) is 0 Å². The number of nitrogens with two attached hydrogens (primary N) is 1. The lowest BCUT2D eigenvalue weighted by Gasteiger charge is -2.24. The molecule has 21 heavy (non-hydrogen) atoms. The second kappa shape index (κ2) is 5.35. The molecule has 0 bridgehead atoms. The maximum absolute atomic E-state index is 6.06. The molecule has 0 fully saturated rings. The van der Waals surface area contributed by atoms with E-state index in [9.17, 15) is 0 Å². The van der Waals surface area contributed by atoms with Gasteiger partial charge in [0.05, 0.1) is 6.54 Å². The molecule has 0 radical (unpaired) electrons. The van der Waals surface area contributed by atoms with Crippen molar-refractivity contribution in [1.82, 2.24) is 19.5 Å². The second-order valence-electron chi connectivity index (χ2n) is 6.44. The summed E-state index contributed by atoms with van der Waals surface area (Å²) in [6.45, 7) is 8.87. The van der Waals surface area contributed by atoms with Crippen LogP contribution in [0.1, 0.15) is 38.0 Å². The van der Waals surface area contributed by atoms with Crippen LogP contribution >= 0.6 is 0 Å². The van der Waals surface area contributed by atoms with E-state index in [2.05, 4.69) is 35.6 Å². The fraction of sp³-hybridized carbons (Fsp3) is 0.533. The SMILES string of the molecule is Cc1c(N)nc(C(C)(C)C)nc1N(C)Cc1nccn1C. The van der Waals surface area contributed by atoms with Crippen molar-refractivity contribution in [2.24, 2.45) is 7.05 Å². The van der Waals surface area contributed by atoms with Crippen LogP contribution in [-0.2, 0) is 19.0 Å². The predicted molar refractivity (Wildman–Crippen MR) is 85.2 cm³/mol. The van der Waals surface area contributed by atoms with Crippen LogP contribution in [0.5, 0.6) is 0 Å². The molecule has 6 nitrogen and oxygen atoms in total. The van der Waals surface area contributed by atoms with E-state index < -0.39 is 0 Å². The number of nitrogen functional groups attached to an aromatic ring is 1. The first-order valence-electron chi connectivity index (χ1n) is 7.02. The lowest BCUT2D eigenvalue weighted by Crippen LogP contribution is -2.25. The van der Waals surface area contributed by atoms with Crippen LogP contribution in [0.25, 0.3) is 0 Å². The fourth-order valence-electron chi connectivity index (χ4n) is 2.06. The van der Waals surface area contributed by atoms with Gasteiger partial charge in [-0.3, -0.25) is 0 Å². The molecule has 2 heterocycles. The quantitative estimate of drug-likeness (QED) is 0.935. The summed E-state index contributed by atoms with van der Waals surface area (Å²) in [4.78, 5) is 15.5. The molecule has 0 aliphatic carbocycles. The Balaban J connectivity index is 2.38. The number of aryl methyl sites for hydroxylation is 1. The summed E-state index contributed by atoms with van der Waals surface area (Å²) in [5.74, 6) is 3.13. The van der Waals surface area contributed by atoms with Crippen molar-refractivity contribution < 1.29 is 0 Å². The average Bonchev–Trinajstić information content (AvgIpc) is 2.76. The molecule has 2 aromatic rings. The summed E-state index contributed by atoms with van der Waals surface area (Å²) in [6, 6.07) is 0. The number of nitrogens with zero attached hydrogens (tertiary/aromatic N) is 5. The molecule has 0 amide bonds. The molecule has 0 saturated carbocycles. The Morgan fingerprint density at radius 1 is 1.29 bits per heavy atom. The molecular weight excluding hydrogens is 264 g/mol. The van der Waals surface area contributed by atoms with Gasteiger partial charge >= 0.3 is 0 Å². The fourth-order valence-corrected chi connectivity index (χ4v) is 2.06. The van der Waals surface area contributed by atoms with Crippen LogP contribution in [0.4, 0.5) is 11.6 Å². The minimum Gasteiger partial charge on any atom is -0.383 e. The average molecular weight is 288 g/mol. The third kappa shape index (κ3) is 3.15. The van der Waals surface area contributed by atoms with Gasteiger partial charge in [0, 0.05) is 37.5 Å². The number of aromatic nitrogens is 4. The Kier molecular flexibility index (Phi) is 3.89. The van der Waals surface area contributed by atoms with Gasteiger partial charge in [0.25, 0.3) is 0 Å². The molecule has 0 saturated heterocycles. The van der Waals surface area contributed by atoms with Gasteiger partial charge in [-0.25, -0.2) is 15.0 Å². The Morgan fingerprint density at radius 3 is 2.48 bits per heavy atom. The van der Waals surface area contributed by atoms with Gasteiger partial charge in [0.2, 0.25) is 0 Å². The smallest absolute Gasteiger partial charge is 0.138 e. The van der Waals surface area contributed by atoms with Crippen LogP contribution in [0.2, 0.25) is 0 Å². The largest absolute Gasteiger partial charge is 0.383 e. The third-order valence-electron chi connectivity index (χ3n) is 3.49. The van der Waals surface area contributed by atoms with E-state index in [4.69, 9.17) is 10.7 Å². The van der Waals surface area contributed by atoms with Gasteiger partial charge < -0.3 is 15.2 Å². The van der Waals surface area contributed by atoms with E-state index in [1.165, 1.54) is 0 Å². The first kappa shape index (κ1) is 15.3. The summed E-state index contributed by atoms with van der Waals surface area (Å²) in [5.41, 5.74) is 6.82. The number of anilines is 2. The third-order valence-corrected chi connectivity index (χ3v) is 3.49. The molecule has 0 aliphatic heterocycles. The number of hydrogen-bond acceptors (Lipinski definition) is 5. The van der Waals surface area contributed by atoms with E-state index in [1.807, 2.05) is 31.8 Å². The Morgan fingerprint density at radius 2 is 1.95 bits per heavy atom. The zero-order valence-corrected chi connectivity index (χ0v) is 13.7. The number of imidazole rings is 1. The topological polar surface area (TPSA) is 72.9 Å². The molecule has 0 atom stereocenters. The molecular formula is C15H24N6. The normalized spacial score (nSPS) is 11.7. The first-order valence-corrected chi connectivity index (χ1v) is 7.02. The standard InChI is InChI=1S/C15H24N6/c1-10-12(16)18-14(15(2,3)4)19-13(10)21(6)9-11-17-7-8-20(11)5/h7-8H,9H2,1-6H3,(H2,16,18,19). The van der Waals surface area contributed by atoms with Crippen LogP contribution in [-0.4, -0.2) is 26.6 Å². The Hall–Kier alpha value is -2.11. The number of rotatable bonds is 3. The van der Waals surface area contributed by atoms with Gasteiger partial charge in [0.1, 0.15) is 23.3 Å². The van der Waals surface area contributed by atoms with Gasteiger partial charge in [-0.15, -0.1) is 0 Å². The highest BCUT2D eigenvalue weighted by molar-refractivity contribution is 5.56. The van der Waals surface area contributed by atoms with Crippen molar-refractivity contribution >= 4 is 11.6 Å². The van der Waals surface area contributed by atoms with Crippen molar-refractivity contribution in [3.05, 3.63) is 29.6 Å². The minimum atomic E-state index is -0.138. The molecule has 2 aromatic heterocycles. The zero-order chi connectivity index (χ0) is 15.8. The van der Waals surface area contributed by atoms with E-state index in [0.717, 1.165) is 23.0 Å². The van der Waals surface area contributed by atoms with Gasteiger partial charge in [-0.2, -0.15) is 0 Å². The molecule has 6 heteroatoms. The predicted octanol–water partition coefficient (Wildman–Crippen LogP) is 2.03. The summed E-state index contributed by atoms with van der Waals surface area (Å²) in [7, 11) is 3.98. The summed E-state index contributed by atoms with van der Waals surface area (Å²) >= 11 is 0. The highest BCUT2D eigenvalue weighted by Gasteiger charge is 2.22. The van der Waals surface area contributed by atoms with Crippen LogP contribution < -0.4 is 10.6 Å². The van der Waals surface area contributed by atoms with Gasteiger partial charge in [-0.05, 0) is 6.92 Å². The van der Waals surface area contributed by atoms with E-state index in [0.29, 0.717) is 12.4 Å². The highest BCUT2D eigenvalue weighted by atomic mass is 15.2. The summed E-state index contributed by atoms with van der Waals surface area (Å²) in [5, 5.41) is 0. The monoisotopic (exact) mass is 288 g/mol. The van der Waals surface area contributed by atoms with Crippen molar-refractivity contribution in [3.63, 3.8) is 0 Å². The van der Waals surface area contributed by atoms with E-state index in [-0.39, 0.29) is 5.41 Å². The molecule has 0 unspecified atom stereocenters. The van der Waals surface area contributed by atoms with Gasteiger partial charge in [-0.1, -0.05) is 20.8 Å². The molecule has 2 rings (SSSR count). The second-order valence-corrected chi connectivity index (χ2v) is 6.44. The van der Waals surface area contributed by atoms with Crippen LogP contribution in [0.15, 0.2) is 12.4 Å². The first-order chi connectivity index (χ1) is 9.70. The van der Waals surface area contributed by atoms with Crippen molar-refractivity contribution in [2.45, 2.75) is 39.7 Å². The molecule has 2 N–H and O–H groups in total. The lowest BCUT2D eigenvalue weighted by atomic mass is 9.95. The maximum Gasteiger partial charge on any atom is 0.138 e. The Bertz CT molecular complexity index is 638. The molecule has 114 valence electrons. The molecule has 0 aliphatic rings. The summed E-state index contributed by atoms with van der Waals surface area (Å²) < 4.78 is 2.00. The molecule has 0 spiro atoms. The zero-order valence-electron chi connectivity index (χ0n) is 13.7. The van der Waals surface area contributed by atoms with E-state index >= 15 is 0 Å². The Labute approximate surface area is 126 Å². The van der Waals surface area contributed by atoms with Crippen LogP contribution in [0, 0.1) is 6.92 Å². The van der Waals surface area contributed by atoms with Crippen LogP contribution in [0.3, 0.4) is 0 Å². The number of hydrogen-bond donors (Lipinski definition) is 1. The molecule has 0 aromatic carbocycles. The highest BCUT2D eigenvalue weighted by Crippen LogP contribution is 2.27. The lowest BCUT2D eigenvalue weighted by molar-refractivity contribution is 0.544. The van der Waals surface area contributed by atoms with Crippen molar-refractivity contribution in [1.29, 1.82) is 0 Å². The minimum absolute atomic E-state index is 0.138.